The number of amides is 3. The van der Waals surface area contributed by atoms with Crippen LogP contribution in [0.5, 0.6) is 0 Å². The highest BCUT2D eigenvalue weighted by atomic mass is 32.1. The van der Waals surface area contributed by atoms with Crippen molar-refractivity contribution < 1.29 is 14.0 Å². The van der Waals surface area contributed by atoms with Crippen LogP contribution in [-0.2, 0) is 13.0 Å². The van der Waals surface area contributed by atoms with Crippen molar-refractivity contribution in [2.75, 3.05) is 17.2 Å². The predicted octanol–water partition coefficient (Wildman–Crippen LogP) is 4.19. The van der Waals surface area contributed by atoms with Crippen LogP contribution in [0.25, 0.3) is 0 Å². The molecule has 0 fully saturated rings. The molecule has 3 amide bonds. The summed E-state index contributed by atoms with van der Waals surface area (Å²) in [6.07, 6.45) is 0.623. The van der Waals surface area contributed by atoms with Crippen LogP contribution in [0, 0.1) is 5.82 Å². The molecule has 0 bridgehead atoms. The zero-order valence-corrected chi connectivity index (χ0v) is 15.7. The second-order valence-electron chi connectivity index (χ2n) is 5.93. The summed E-state index contributed by atoms with van der Waals surface area (Å²) in [5.41, 5.74) is 1.45. The number of nitrogens with one attached hydrogen (secondary N) is 2. The first-order valence-electron chi connectivity index (χ1n) is 8.23. The standard InChI is InChI=1S/C18H15FN4O2S2/c19-11-3-5-12(6-4-11)20-18(25)23-8-7-13-15(10-23)27-17(21-13)22-16(24)14-2-1-9-26-14/h1-6,9H,7-8,10H2,(H,20,25)(H,21,22,24). The molecule has 0 spiro atoms. The molecule has 2 aromatic heterocycles. The molecule has 1 aliphatic rings. The van der Waals surface area contributed by atoms with Gasteiger partial charge in [-0.25, -0.2) is 14.2 Å². The van der Waals surface area contributed by atoms with Crippen molar-refractivity contribution in [1.29, 1.82) is 0 Å². The molecule has 4 rings (SSSR count). The number of fused-ring (bicyclic) bond motifs is 1. The molecule has 27 heavy (non-hydrogen) atoms. The highest BCUT2D eigenvalue weighted by molar-refractivity contribution is 7.16. The van der Waals surface area contributed by atoms with Gasteiger partial charge < -0.3 is 10.2 Å². The fourth-order valence-corrected chi connectivity index (χ4v) is 4.36. The van der Waals surface area contributed by atoms with Crippen LogP contribution >= 0.6 is 22.7 Å². The molecular weight excluding hydrogens is 387 g/mol. The van der Waals surface area contributed by atoms with Crippen LogP contribution in [0.1, 0.15) is 20.2 Å². The maximum Gasteiger partial charge on any atom is 0.322 e. The van der Waals surface area contributed by atoms with Crippen LogP contribution in [-0.4, -0.2) is 28.4 Å². The van der Waals surface area contributed by atoms with Crippen LogP contribution < -0.4 is 10.6 Å². The van der Waals surface area contributed by atoms with Gasteiger partial charge in [0, 0.05) is 23.5 Å². The molecule has 138 valence electrons. The minimum atomic E-state index is -0.350. The average molecular weight is 402 g/mol. The topological polar surface area (TPSA) is 74.3 Å². The van der Waals surface area contributed by atoms with Crippen molar-refractivity contribution in [1.82, 2.24) is 9.88 Å². The largest absolute Gasteiger partial charge is 0.322 e. The summed E-state index contributed by atoms with van der Waals surface area (Å²) in [4.78, 5) is 32.3. The third kappa shape index (κ3) is 3.99. The number of halogens is 1. The lowest BCUT2D eigenvalue weighted by molar-refractivity contribution is 0.103. The Morgan fingerprint density at radius 2 is 1.96 bits per heavy atom. The zero-order valence-electron chi connectivity index (χ0n) is 14.1. The molecule has 0 atom stereocenters. The van der Waals surface area contributed by atoms with Crippen LogP contribution in [0.15, 0.2) is 41.8 Å². The summed E-state index contributed by atoms with van der Waals surface area (Å²) < 4.78 is 13.0. The van der Waals surface area contributed by atoms with Gasteiger partial charge in [0.05, 0.1) is 17.1 Å². The van der Waals surface area contributed by atoms with Gasteiger partial charge in [0.25, 0.3) is 5.91 Å². The Kier molecular flexibility index (Phi) is 4.87. The van der Waals surface area contributed by atoms with Crippen LogP contribution in [0.4, 0.5) is 20.0 Å². The van der Waals surface area contributed by atoms with Gasteiger partial charge in [0.2, 0.25) is 0 Å². The number of thiazole rings is 1. The highest BCUT2D eigenvalue weighted by Gasteiger charge is 2.25. The summed E-state index contributed by atoms with van der Waals surface area (Å²) in [7, 11) is 0. The number of rotatable bonds is 3. The van der Waals surface area contributed by atoms with E-state index in [0.29, 0.717) is 35.2 Å². The summed E-state index contributed by atoms with van der Waals surface area (Å²) in [6, 6.07) is 8.98. The van der Waals surface area contributed by atoms with E-state index in [1.807, 2.05) is 11.4 Å². The molecule has 1 aliphatic heterocycles. The van der Waals surface area contributed by atoms with Crippen LogP contribution in [0.3, 0.4) is 0 Å². The number of carbonyl (C=O) groups excluding carboxylic acids is 2. The molecule has 3 aromatic rings. The smallest absolute Gasteiger partial charge is 0.319 e. The SMILES string of the molecule is O=C(Nc1nc2c(s1)CN(C(=O)Nc1ccc(F)cc1)CC2)c1cccs1. The van der Waals surface area contributed by atoms with E-state index in [9.17, 15) is 14.0 Å². The molecule has 2 N–H and O–H groups in total. The summed E-state index contributed by atoms with van der Waals surface area (Å²) in [6.45, 7) is 0.955. The minimum absolute atomic E-state index is 0.179. The van der Waals surface area contributed by atoms with E-state index >= 15 is 0 Å². The van der Waals surface area contributed by atoms with Crippen molar-refractivity contribution in [2.45, 2.75) is 13.0 Å². The molecule has 0 saturated carbocycles. The van der Waals surface area contributed by atoms with Gasteiger partial charge >= 0.3 is 6.03 Å². The number of carbonyl (C=O) groups is 2. The fourth-order valence-electron chi connectivity index (χ4n) is 2.72. The molecule has 0 saturated heterocycles. The maximum atomic E-state index is 13.0. The van der Waals surface area contributed by atoms with Gasteiger partial charge in [-0.3, -0.25) is 10.1 Å². The highest BCUT2D eigenvalue weighted by Crippen LogP contribution is 2.29. The molecule has 0 unspecified atom stereocenters. The molecule has 6 nitrogen and oxygen atoms in total. The number of hydrogen-bond donors (Lipinski definition) is 2. The molecule has 9 heteroatoms. The average Bonchev–Trinajstić information content (AvgIpc) is 3.32. The number of nitrogens with zero attached hydrogens (tertiary/aromatic N) is 2. The van der Waals surface area contributed by atoms with Crippen molar-refractivity contribution in [2.24, 2.45) is 0 Å². The third-order valence-electron chi connectivity index (χ3n) is 4.08. The fraction of sp³-hybridized carbons (Fsp3) is 0.167. The lowest BCUT2D eigenvalue weighted by atomic mass is 10.2. The van der Waals surface area contributed by atoms with E-state index in [4.69, 9.17) is 0 Å². The Morgan fingerprint density at radius 1 is 1.15 bits per heavy atom. The van der Waals surface area contributed by atoms with E-state index < -0.39 is 0 Å². The van der Waals surface area contributed by atoms with Gasteiger partial charge in [-0.2, -0.15) is 0 Å². The van der Waals surface area contributed by atoms with Gasteiger partial charge in [-0.15, -0.1) is 11.3 Å². The molecule has 1 aromatic carbocycles. The first-order chi connectivity index (χ1) is 13.1. The van der Waals surface area contributed by atoms with Gasteiger partial charge in [0.15, 0.2) is 5.13 Å². The third-order valence-corrected chi connectivity index (χ3v) is 5.95. The monoisotopic (exact) mass is 402 g/mol. The molecular formula is C18H15FN4O2S2. The summed E-state index contributed by atoms with van der Waals surface area (Å²) >= 11 is 2.75. The second kappa shape index (κ2) is 7.45. The molecule has 3 heterocycles. The van der Waals surface area contributed by atoms with E-state index in [-0.39, 0.29) is 17.8 Å². The van der Waals surface area contributed by atoms with E-state index in [1.165, 1.54) is 46.9 Å². The Bertz CT molecular complexity index is 970. The van der Waals surface area contributed by atoms with Gasteiger partial charge in [-0.1, -0.05) is 17.4 Å². The van der Waals surface area contributed by atoms with Gasteiger partial charge in [-0.05, 0) is 35.7 Å². The lowest BCUT2D eigenvalue weighted by Gasteiger charge is -2.26. The second-order valence-corrected chi connectivity index (χ2v) is 7.96. The van der Waals surface area contributed by atoms with Crippen molar-refractivity contribution in [3.8, 4) is 0 Å². The Hall–Kier alpha value is -2.78. The number of thiophene rings is 1. The van der Waals surface area contributed by atoms with Crippen molar-refractivity contribution >= 4 is 45.4 Å². The van der Waals surface area contributed by atoms with E-state index in [1.54, 1.807) is 11.0 Å². The van der Waals surface area contributed by atoms with E-state index in [0.717, 1.165) is 10.6 Å². The predicted molar refractivity (Wildman–Crippen MR) is 104 cm³/mol. The molecule has 0 radical (unpaired) electrons. The normalized spacial score (nSPS) is 13.1. The zero-order chi connectivity index (χ0) is 18.8. The molecule has 0 aliphatic carbocycles. The Labute approximate surface area is 162 Å². The maximum absolute atomic E-state index is 13.0. The lowest BCUT2D eigenvalue weighted by Crippen LogP contribution is -2.38. The Balaban J connectivity index is 1.40. The first-order valence-corrected chi connectivity index (χ1v) is 9.93. The van der Waals surface area contributed by atoms with Gasteiger partial charge in [0.1, 0.15) is 5.82 Å². The van der Waals surface area contributed by atoms with Crippen molar-refractivity contribution in [3.05, 3.63) is 63.0 Å². The number of aromatic nitrogens is 1. The number of benzene rings is 1. The summed E-state index contributed by atoms with van der Waals surface area (Å²) in [5.74, 6) is -0.528. The van der Waals surface area contributed by atoms with Crippen LogP contribution in [0.2, 0.25) is 0 Å². The Morgan fingerprint density at radius 3 is 2.70 bits per heavy atom. The van der Waals surface area contributed by atoms with E-state index in [2.05, 4.69) is 15.6 Å². The number of urea groups is 1. The first kappa shape index (κ1) is 17.6. The number of anilines is 2. The van der Waals surface area contributed by atoms with Crippen molar-refractivity contribution in [3.63, 3.8) is 0 Å². The quantitative estimate of drug-likeness (QED) is 0.690. The summed E-state index contributed by atoms with van der Waals surface area (Å²) in [5, 5.41) is 7.97. The number of hydrogen-bond acceptors (Lipinski definition) is 5. The minimum Gasteiger partial charge on any atom is -0.319 e.